The number of hydrogen-bond acceptors (Lipinski definition) is 5. The number of carboxylic acid groups (broad SMARTS) is 1. The SMILES string of the molecule is Cc1nc(Cn2cccc(C(=O)O)c2=O)no1. The van der Waals surface area contributed by atoms with Gasteiger partial charge in [-0.1, -0.05) is 5.16 Å². The maximum absolute atomic E-state index is 11.7. The van der Waals surface area contributed by atoms with E-state index in [0.717, 1.165) is 0 Å². The lowest BCUT2D eigenvalue weighted by Gasteiger charge is -2.02. The van der Waals surface area contributed by atoms with Crippen LogP contribution in [0.2, 0.25) is 0 Å². The van der Waals surface area contributed by atoms with Crippen molar-refractivity contribution in [2.24, 2.45) is 0 Å². The molecule has 17 heavy (non-hydrogen) atoms. The molecule has 2 aromatic rings. The fourth-order valence-corrected chi connectivity index (χ4v) is 1.38. The van der Waals surface area contributed by atoms with Gasteiger partial charge in [0.05, 0.1) is 6.54 Å². The van der Waals surface area contributed by atoms with Crippen molar-refractivity contribution in [3.8, 4) is 0 Å². The molecule has 7 heteroatoms. The number of nitrogens with zero attached hydrogens (tertiary/aromatic N) is 3. The molecule has 0 aliphatic carbocycles. The van der Waals surface area contributed by atoms with Gasteiger partial charge in [0.2, 0.25) is 5.89 Å². The molecule has 0 unspecified atom stereocenters. The quantitative estimate of drug-likeness (QED) is 0.820. The lowest BCUT2D eigenvalue weighted by Crippen LogP contribution is -2.26. The van der Waals surface area contributed by atoms with Gasteiger partial charge in [-0.25, -0.2) is 4.79 Å². The molecular formula is C10H9N3O4. The van der Waals surface area contributed by atoms with Gasteiger partial charge >= 0.3 is 5.97 Å². The van der Waals surface area contributed by atoms with Crippen molar-refractivity contribution in [1.29, 1.82) is 0 Å². The van der Waals surface area contributed by atoms with Crippen LogP contribution in [0.15, 0.2) is 27.6 Å². The van der Waals surface area contributed by atoms with Gasteiger partial charge in [0, 0.05) is 13.1 Å². The van der Waals surface area contributed by atoms with E-state index in [9.17, 15) is 9.59 Å². The first kappa shape index (κ1) is 11.1. The molecule has 7 nitrogen and oxygen atoms in total. The molecule has 0 amide bonds. The number of hydrogen-bond donors (Lipinski definition) is 1. The topological polar surface area (TPSA) is 98.2 Å². The molecule has 0 radical (unpaired) electrons. The Kier molecular flexibility index (Phi) is 2.73. The molecular weight excluding hydrogens is 226 g/mol. The molecule has 2 rings (SSSR count). The van der Waals surface area contributed by atoms with E-state index in [4.69, 9.17) is 9.63 Å². The van der Waals surface area contributed by atoms with Crippen LogP contribution < -0.4 is 5.56 Å². The molecule has 2 heterocycles. The van der Waals surface area contributed by atoms with Crippen LogP contribution >= 0.6 is 0 Å². The first-order valence-corrected chi connectivity index (χ1v) is 4.80. The number of carbonyl (C=O) groups is 1. The molecule has 0 fully saturated rings. The Balaban J connectivity index is 2.37. The molecule has 0 bridgehead atoms. The van der Waals surface area contributed by atoms with Gasteiger partial charge in [-0.2, -0.15) is 4.98 Å². The van der Waals surface area contributed by atoms with E-state index in [0.29, 0.717) is 11.7 Å². The van der Waals surface area contributed by atoms with Gasteiger partial charge in [0.15, 0.2) is 5.82 Å². The van der Waals surface area contributed by atoms with E-state index >= 15 is 0 Å². The average Bonchev–Trinajstić information content (AvgIpc) is 2.67. The molecule has 2 aromatic heterocycles. The Morgan fingerprint density at radius 3 is 2.94 bits per heavy atom. The largest absolute Gasteiger partial charge is 0.477 e. The zero-order valence-electron chi connectivity index (χ0n) is 8.95. The summed E-state index contributed by atoms with van der Waals surface area (Å²) in [4.78, 5) is 26.4. The van der Waals surface area contributed by atoms with Gasteiger partial charge in [-0.15, -0.1) is 0 Å². The summed E-state index contributed by atoms with van der Waals surface area (Å²) < 4.78 is 5.98. The molecule has 88 valence electrons. The van der Waals surface area contributed by atoms with Crippen LogP contribution in [-0.4, -0.2) is 25.8 Å². The maximum atomic E-state index is 11.7. The van der Waals surface area contributed by atoms with Gasteiger partial charge in [0.1, 0.15) is 5.56 Å². The average molecular weight is 235 g/mol. The van der Waals surface area contributed by atoms with Crippen LogP contribution in [0.5, 0.6) is 0 Å². The van der Waals surface area contributed by atoms with E-state index in [-0.39, 0.29) is 12.1 Å². The number of aromatic nitrogens is 3. The number of aromatic carboxylic acids is 1. The lowest BCUT2D eigenvalue weighted by molar-refractivity contribution is 0.0694. The van der Waals surface area contributed by atoms with E-state index < -0.39 is 11.5 Å². The highest BCUT2D eigenvalue weighted by Gasteiger charge is 2.11. The molecule has 0 atom stereocenters. The smallest absolute Gasteiger partial charge is 0.341 e. The Morgan fingerprint density at radius 2 is 2.35 bits per heavy atom. The molecule has 0 aliphatic rings. The minimum absolute atomic E-state index is 0.0806. The van der Waals surface area contributed by atoms with Crippen molar-refractivity contribution in [2.45, 2.75) is 13.5 Å². The predicted molar refractivity (Wildman–Crippen MR) is 55.8 cm³/mol. The predicted octanol–water partition coefficient (Wildman–Crippen LogP) is 0.286. The van der Waals surface area contributed by atoms with E-state index in [1.807, 2.05) is 0 Å². The summed E-state index contributed by atoms with van der Waals surface area (Å²) in [6, 6.07) is 2.74. The van der Waals surface area contributed by atoms with Crippen molar-refractivity contribution in [3.63, 3.8) is 0 Å². The van der Waals surface area contributed by atoms with E-state index in [2.05, 4.69) is 10.1 Å². The number of pyridine rings is 1. The van der Waals surface area contributed by atoms with Gasteiger partial charge in [0.25, 0.3) is 5.56 Å². The van der Waals surface area contributed by atoms with Crippen LogP contribution in [0.4, 0.5) is 0 Å². The van der Waals surface area contributed by atoms with E-state index in [1.54, 1.807) is 6.92 Å². The summed E-state index contributed by atoms with van der Waals surface area (Å²) in [5.74, 6) is -0.539. The highest BCUT2D eigenvalue weighted by atomic mass is 16.5. The third-order valence-electron chi connectivity index (χ3n) is 2.13. The summed E-state index contributed by atoms with van der Waals surface area (Å²) in [6.45, 7) is 1.71. The Hall–Kier alpha value is -2.44. The standard InChI is InChI=1S/C10H9N3O4/c1-6-11-8(12-17-6)5-13-4-2-3-7(9(13)14)10(15)16/h2-4H,5H2,1H3,(H,15,16). The Bertz CT molecular complexity index is 614. The summed E-state index contributed by atoms with van der Waals surface area (Å²) in [6.07, 6.45) is 1.47. The van der Waals surface area contributed by atoms with Crippen LogP contribution in [0.25, 0.3) is 0 Å². The molecule has 1 N–H and O–H groups in total. The molecule has 0 aromatic carbocycles. The summed E-state index contributed by atoms with van der Waals surface area (Å²) in [5, 5.41) is 12.4. The third-order valence-corrected chi connectivity index (χ3v) is 2.13. The highest BCUT2D eigenvalue weighted by molar-refractivity contribution is 5.86. The monoisotopic (exact) mass is 235 g/mol. The van der Waals surface area contributed by atoms with Crippen LogP contribution in [-0.2, 0) is 6.54 Å². The van der Waals surface area contributed by atoms with Gasteiger partial charge < -0.3 is 14.2 Å². The molecule has 0 saturated carbocycles. The van der Waals surface area contributed by atoms with Crippen LogP contribution in [0, 0.1) is 6.92 Å². The first-order valence-electron chi connectivity index (χ1n) is 4.80. The lowest BCUT2D eigenvalue weighted by atomic mass is 10.3. The number of rotatable bonds is 3. The fourth-order valence-electron chi connectivity index (χ4n) is 1.38. The second kappa shape index (κ2) is 4.20. The van der Waals surface area contributed by atoms with Crippen molar-refractivity contribution in [2.75, 3.05) is 0 Å². The Labute approximate surface area is 95.3 Å². The van der Waals surface area contributed by atoms with Crippen molar-refractivity contribution in [3.05, 3.63) is 46.0 Å². The third kappa shape index (κ3) is 2.22. The second-order valence-corrected chi connectivity index (χ2v) is 3.39. The number of aryl methyl sites for hydroxylation is 1. The van der Waals surface area contributed by atoms with E-state index in [1.165, 1.54) is 22.9 Å². The van der Waals surface area contributed by atoms with Crippen molar-refractivity contribution in [1.82, 2.24) is 14.7 Å². The Morgan fingerprint density at radius 1 is 1.59 bits per heavy atom. The summed E-state index contributed by atoms with van der Waals surface area (Å²) in [7, 11) is 0. The molecule has 0 spiro atoms. The maximum Gasteiger partial charge on any atom is 0.341 e. The highest BCUT2D eigenvalue weighted by Crippen LogP contribution is 1.98. The minimum atomic E-state index is -1.26. The van der Waals surface area contributed by atoms with Gasteiger partial charge in [-0.3, -0.25) is 4.79 Å². The number of carboxylic acids is 1. The zero-order valence-corrected chi connectivity index (χ0v) is 8.95. The molecule has 0 aliphatic heterocycles. The molecule has 0 saturated heterocycles. The summed E-state index contributed by atoms with van der Waals surface area (Å²) in [5.41, 5.74) is -0.879. The summed E-state index contributed by atoms with van der Waals surface area (Å²) >= 11 is 0. The normalized spacial score (nSPS) is 10.4. The second-order valence-electron chi connectivity index (χ2n) is 3.39. The van der Waals surface area contributed by atoms with Crippen molar-refractivity contribution >= 4 is 5.97 Å². The van der Waals surface area contributed by atoms with Crippen LogP contribution in [0.1, 0.15) is 22.1 Å². The van der Waals surface area contributed by atoms with Crippen molar-refractivity contribution < 1.29 is 14.4 Å². The fraction of sp³-hybridized carbons (Fsp3) is 0.200. The zero-order chi connectivity index (χ0) is 12.4. The van der Waals surface area contributed by atoms with Crippen LogP contribution in [0.3, 0.4) is 0 Å². The van der Waals surface area contributed by atoms with Gasteiger partial charge in [-0.05, 0) is 12.1 Å². The first-order chi connectivity index (χ1) is 8.08. The minimum Gasteiger partial charge on any atom is -0.477 e.